The molecule has 0 aliphatic heterocycles. The molecule has 0 aromatic carbocycles. The number of allylic oxidation sites excluding steroid dienone is 1. The van der Waals surface area contributed by atoms with Crippen LogP contribution in [0.1, 0.15) is 170 Å². The molecule has 2 rings (SSSR count). The van der Waals surface area contributed by atoms with E-state index in [-0.39, 0.29) is 57.1 Å². The van der Waals surface area contributed by atoms with Crippen molar-refractivity contribution in [2.24, 2.45) is 47.3 Å². The van der Waals surface area contributed by atoms with E-state index >= 15 is 0 Å². The number of rotatable bonds is 30. The van der Waals surface area contributed by atoms with Crippen LogP contribution in [0.15, 0.2) is 12.3 Å². The summed E-state index contributed by atoms with van der Waals surface area (Å²) in [6.07, 6.45) is 20.3. The fraction of sp³-hybridized carbons (Fsp3) is 0.878. The van der Waals surface area contributed by atoms with Gasteiger partial charge in [-0.2, -0.15) is 0 Å². The van der Waals surface area contributed by atoms with Gasteiger partial charge in [0.25, 0.3) is 0 Å². The van der Waals surface area contributed by atoms with Crippen LogP contribution in [0.4, 0.5) is 0 Å². The van der Waals surface area contributed by atoms with Crippen molar-refractivity contribution in [3.8, 4) is 0 Å². The fourth-order valence-corrected chi connectivity index (χ4v) is 7.23. The molecule has 11 heteroatoms. The predicted octanol–water partition coefficient (Wildman–Crippen LogP) is 10.1. The first-order valence-electron chi connectivity index (χ1n) is 23.8. The predicted molar refractivity (Wildman–Crippen MR) is 241 cm³/mol. The molecule has 11 nitrogen and oxygen atoms in total. The molecule has 2 aliphatic carbocycles. The lowest BCUT2D eigenvalue weighted by Gasteiger charge is -2.25. The topological polar surface area (TPSA) is 147 Å². The summed E-state index contributed by atoms with van der Waals surface area (Å²) in [5, 5.41) is 12.6. The quantitative estimate of drug-likeness (QED) is 0.0234. The van der Waals surface area contributed by atoms with Gasteiger partial charge in [-0.1, -0.05) is 126 Å². The number of carbonyl (C=O) groups excluding carboxylic acids is 4. The Morgan fingerprint density at radius 1 is 0.667 bits per heavy atom. The van der Waals surface area contributed by atoms with Crippen LogP contribution in [0.3, 0.4) is 0 Å². The van der Waals surface area contributed by atoms with Gasteiger partial charge in [0.05, 0.1) is 70.1 Å². The maximum absolute atomic E-state index is 12.2. The first-order valence-corrected chi connectivity index (χ1v) is 23.8. The monoisotopic (exact) mass is 854 g/mol. The highest BCUT2D eigenvalue weighted by atomic mass is 16.6. The smallest absolute Gasteiger partial charge is 0.307 e. The normalized spacial score (nSPS) is 20.2. The Balaban J connectivity index is 0.00000209. The van der Waals surface area contributed by atoms with Gasteiger partial charge >= 0.3 is 17.9 Å². The third-order valence-electron chi connectivity index (χ3n) is 11.5. The van der Waals surface area contributed by atoms with Crippen LogP contribution >= 0.6 is 0 Å². The number of methoxy groups -OCH3 is 1. The molecular weight excluding hydrogens is 763 g/mol. The SMILES string of the molecule is C=C(CCC(C)CCC(C)C)OCC(COC)COC(=O)CCNCCC(=O)OCC(CO)COC(=O)CCC1CCC(C)CC1.CC1CCC(CCC=O)CC1.CCC. The molecule has 0 bridgehead atoms. The lowest BCUT2D eigenvalue weighted by atomic mass is 9.81. The summed E-state index contributed by atoms with van der Waals surface area (Å²) in [6.45, 7) is 21.1. The van der Waals surface area contributed by atoms with Crippen LogP contribution in [0, 0.1) is 47.3 Å². The number of aliphatic hydroxyl groups excluding tert-OH is 1. The molecule has 0 heterocycles. The molecule has 2 aliphatic rings. The molecule has 0 spiro atoms. The van der Waals surface area contributed by atoms with Crippen molar-refractivity contribution in [2.45, 2.75) is 170 Å². The second kappa shape index (κ2) is 38.2. The second-order valence-electron chi connectivity index (χ2n) is 18.4. The molecule has 60 heavy (non-hydrogen) atoms. The van der Waals surface area contributed by atoms with Gasteiger partial charge in [0.1, 0.15) is 6.29 Å². The molecule has 3 unspecified atom stereocenters. The highest BCUT2D eigenvalue weighted by Gasteiger charge is 2.21. The van der Waals surface area contributed by atoms with Gasteiger partial charge in [0.15, 0.2) is 0 Å². The zero-order valence-corrected chi connectivity index (χ0v) is 39.6. The molecule has 2 N–H and O–H groups in total. The van der Waals surface area contributed by atoms with Crippen molar-refractivity contribution >= 4 is 24.2 Å². The van der Waals surface area contributed by atoms with Crippen LogP contribution < -0.4 is 5.32 Å². The van der Waals surface area contributed by atoms with Crippen LogP contribution in [-0.4, -0.2) is 89.1 Å². The van der Waals surface area contributed by atoms with E-state index in [4.69, 9.17) is 23.7 Å². The van der Waals surface area contributed by atoms with Gasteiger partial charge in [0, 0.05) is 39.5 Å². The van der Waals surface area contributed by atoms with Crippen LogP contribution in [-0.2, 0) is 42.9 Å². The van der Waals surface area contributed by atoms with Crippen molar-refractivity contribution in [3.63, 3.8) is 0 Å². The summed E-state index contributed by atoms with van der Waals surface area (Å²) >= 11 is 0. The molecule has 352 valence electrons. The minimum Gasteiger partial charge on any atom is -0.498 e. The number of esters is 3. The number of ether oxygens (including phenoxy) is 5. The van der Waals surface area contributed by atoms with E-state index in [1.54, 1.807) is 7.11 Å². The minimum absolute atomic E-state index is 0.0213. The van der Waals surface area contributed by atoms with Gasteiger partial charge in [-0.3, -0.25) is 14.4 Å². The largest absolute Gasteiger partial charge is 0.498 e. The van der Waals surface area contributed by atoms with Crippen molar-refractivity contribution < 1.29 is 48.0 Å². The summed E-state index contributed by atoms with van der Waals surface area (Å²) in [6, 6.07) is 0. The molecular formula is C49H91NO10. The summed E-state index contributed by atoms with van der Waals surface area (Å²) in [4.78, 5) is 46.6. The van der Waals surface area contributed by atoms with Gasteiger partial charge in [-0.25, -0.2) is 0 Å². The second-order valence-corrected chi connectivity index (χ2v) is 18.4. The highest BCUT2D eigenvalue weighted by Crippen LogP contribution is 2.32. The Morgan fingerprint density at radius 2 is 1.13 bits per heavy atom. The first-order chi connectivity index (χ1) is 28.8. The van der Waals surface area contributed by atoms with E-state index in [2.05, 4.69) is 60.4 Å². The fourth-order valence-electron chi connectivity index (χ4n) is 7.23. The summed E-state index contributed by atoms with van der Waals surface area (Å²) < 4.78 is 27.1. The summed E-state index contributed by atoms with van der Waals surface area (Å²) in [7, 11) is 1.60. The van der Waals surface area contributed by atoms with E-state index < -0.39 is 11.9 Å². The summed E-state index contributed by atoms with van der Waals surface area (Å²) in [5.74, 6) is 3.65. The molecule has 0 amide bonds. The number of aliphatic hydroxyl groups is 1. The maximum Gasteiger partial charge on any atom is 0.307 e. The Hall–Kier alpha value is -2.50. The number of nitrogens with one attached hydrogen (secondary N) is 1. The van der Waals surface area contributed by atoms with Crippen LogP contribution in [0.2, 0.25) is 0 Å². The Labute approximate surface area is 366 Å². The van der Waals surface area contributed by atoms with Crippen molar-refractivity contribution in [1.82, 2.24) is 5.32 Å². The molecule has 2 fully saturated rings. The standard InChI is InChI=1S/C36H65NO9.C10H18O.C3H8/c1-27(2)7-8-28(3)9-12-30(5)43-25-33(22-42-6)26-46-36(41)18-20-37-19-17-35(40)45-24-32(21-38)23-44-34(39)16-15-31-13-10-29(4)11-14-31;1-9-4-6-10(7-5-9)3-2-8-11;1-3-2/h27-29,31-33,37-38H,5,7-26H2,1-4,6H3;8-10H,2-7H2,1H3;3H2,1-2H3. The van der Waals surface area contributed by atoms with Gasteiger partial charge in [-0.05, 0) is 54.8 Å². The number of carbonyl (C=O) groups is 4. The lowest BCUT2D eigenvalue weighted by molar-refractivity contribution is -0.150. The zero-order valence-electron chi connectivity index (χ0n) is 39.6. The molecule has 3 atom stereocenters. The average molecular weight is 854 g/mol. The molecule has 0 aromatic rings. The zero-order chi connectivity index (χ0) is 45.0. The Morgan fingerprint density at radius 3 is 1.60 bits per heavy atom. The Kier molecular flexibility index (Phi) is 36.6. The number of aldehydes is 1. The average Bonchev–Trinajstić information content (AvgIpc) is 3.23. The number of hydrogen-bond acceptors (Lipinski definition) is 11. The molecule has 2 saturated carbocycles. The third kappa shape index (κ3) is 34.1. The first kappa shape index (κ1) is 57.5. The van der Waals surface area contributed by atoms with E-state index in [1.165, 1.54) is 70.6 Å². The van der Waals surface area contributed by atoms with Gasteiger partial charge in [-0.15, -0.1) is 0 Å². The Bertz CT molecular complexity index is 1080. The van der Waals surface area contributed by atoms with Crippen LogP contribution in [0.5, 0.6) is 0 Å². The van der Waals surface area contributed by atoms with Crippen molar-refractivity contribution in [2.75, 3.05) is 59.8 Å². The van der Waals surface area contributed by atoms with E-state index in [1.807, 2.05) is 0 Å². The molecule has 0 radical (unpaired) electrons. The van der Waals surface area contributed by atoms with Crippen molar-refractivity contribution in [3.05, 3.63) is 12.3 Å². The number of hydrogen-bond donors (Lipinski definition) is 2. The van der Waals surface area contributed by atoms with E-state index in [0.717, 1.165) is 61.9 Å². The van der Waals surface area contributed by atoms with Crippen molar-refractivity contribution in [1.29, 1.82) is 0 Å². The minimum atomic E-state index is -0.458. The lowest BCUT2D eigenvalue weighted by Crippen LogP contribution is -2.27. The van der Waals surface area contributed by atoms with Crippen LogP contribution in [0.25, 0.3) is 0 Å². The maximum atomic E-state index is 12.2. The third-order valence-corrected chi connectivity index (χ3v) is 11.5. The van der Waals surface area contributed by atoms with E-state index in [9.17, 15) is 24.3 Å². The van der Waals surface area contributed by atoms with E-state index in [0.29, 0.717) is 50.5 Å². The van der Waals surface area contributed by atoms with Gasteiger partial charge in [0.2, 0.25) is 0 Å². The molecule has 0 saturated heterocycles. The summed E-state index contributed by atoms with van der Waals surface area (Å²) in [5.41, 5.74) is 0. The molecule has 0 aromatic heterocycles. The highest BCUT2D eigenvalue weighted by molar-refractivity contribution is 5.70. The van der Waals surface area contributed by atoms with Gasteiger partial charge < -0.3 is 38.9 Å².